The first-order valence-corrected chi connectivity index (χ1v) is 10.2. The van der Waals surface area contributed by atoms with Gasteiger partial charge in [-0.15, -0.1) is 0 Å². The summed E-state index contributed by atoms with van der Waals surface area (Å²) in [4.78, 5) is 13.6. The third-order valence-corrected chi connectivity index (χ3v) is 6.15. The number of anilines is 1. The van der Waals surface area contributed by atoms with Crippen molar-refractivity contribution in [1.29, 1.82) is 0 Å². The zero-order chi connectivity index (χ0) is 17.9. The van der Waals surface area contributed by atoms with Crippen LogP contribution in [0.15, 0.2) is 23.1 Å². The maximum atomic E-state index is 12.5. The van der Waals surface area contributed by atoms with Crippen LogP contribution in [-0.4, -0.2) is 51.8 Å². The normalized spacial score (nSPS) is 21.4. The molecule has 0 bridgehead atoms. The van der Waals surface area contributed by atoms with Gasteiger partial charge in [0.15, 0.2) is 0 Å². The summed E-state index contributed by atoms with van der Waals surface area (Å²) < 4.78 is 32.9. The lowest BCUT2D eigenvalue weighted by Crippen LogP contribution is -2.33. The molecule has 0 saturated carbocycles. The third-order valence-electron chi connectivity index (χ3n) is 4.73. The van der Waals surface area contributed by atoms with Gasteiger partial charge in [-0.3, -0.25) is 0 Å². The molecule has 1 aromatic carbocycles. The van der Waals surface area contributed by atoms with Crippen molar-refractivity contribution in [2.45, 2.75) is 43.1 Å². The molecule has 3 rings (SSSR count). The summed E-state index contributed by atoms with van der Waals surface area (Å²) >= 11 is 0. The molecule has 25 heavy (non-hydrogen) atoms. The maximum Gasteiger partial charge on any atom is 0.337 e. The van der Waals surface area contributed by atoms with Gasteiger partial charge in [0, 0.05) is 26.2 Å². The average molecular weight is 368 g/mol. The van der Waals surface area contributed by atoms with Gasteiger partial charge in [0.2, 0.25) is 10.0 Å². The van der Waals surface area contributed by atoms with E-state index in [0.29, 0.717) is 12.3 Å². The zero-order valence-electron chi connectivity index (χ0n) is 14.1. The van der Waals surface area contributed by atoms with Gasteiger partial charge in [-0.2, -0.15) is 0 Å². The highest BCUT2D eigenvalue weighted by Crippen LogP contribution is 2.27. The predicted molar refractivity (Wildman–Crippen MR) is 93.6 cm³/mol. The molecule has 2 aliphatic rings. The highest BCUT2D eigenvalue weighted by atomic mass is 32.2. The SMILES string of the molecule is O=C(O)c1cc(S(=O)(=O)NC[C@@H]2CCCO2)ccc1N1CCCCC1. The van der Waals surface area contributed by atoms with Crippen LogP contribution in [0.5, 0.6) is 0 Å². The number of piperidine rings is 1. The highest BCUT2D eigenvalue weighted by molar-refractivity contribution is 7.89. The summed E-state index contributed by atoms with van der Waals surface area (Å²) in [6.07, 6.45) is 4.82. The highest BCUT2D eigenvalue weighted by Gasteiger charge is 2.24. The van der Waals surface area contributed by atoms with Crippen LogP contribution in [0.4, 0.5) is 5.69 Å². The number of rotatable bonds is 6. The van der Waals surface area contributed by atoms with Crippen molar-refractivity contribution in [3.8, 4) is 0 Å². The van der Waals surface area contributed by atoms with E-state index in [-0.39, 0.29) is 23.1 Å². The van der Waals surface area contributed by atoms with Crippen molar-refractivity contribution in [2.75, 3.05) is 31.1 Å². The second kappa shape index (κ2) is 7.72. The van der Waals surface area contributed by atoms with Gasteiger partial charge in [-0.1, -0.05) is 0 Å². The molecule has 2 aliphatic heterocycles. The number of ether oxygens (including phenoxy) is 1. The topological polar surface area (TPSA) is 95.9 Å². The van der Waals surface area contributed by atoms with Crippen molar-refractivity contribution in [3.05, 3.63) is 23.8 Å². The molecule has 0 spiro atoms. The molecule has 7 nitrogen and oxygen atoms in total. The monoisotopic (exact) mass is 368 g/mol. The molecule has 0 aliphatic carbocycles. The summed E-state index contributed by atoms with van der Waals surface area (Å²) in [5.74, 6) is -1.11. The molecule has 0 aromatic heterocycles. The molecule has 1 aromatic rings. The van der Waals surface area contributed by atoms with Gasteiger partial charge < -0.3 is 14.7 Å². The number of hydrogen-bond donors (Lipinski definition) is 2. The minimum absolute atomic E-state index is 0.0244. The van der Waals surface area contributed by atoms with Crippen molar-refractivity contribution in [1.82, 2.24) is 4.72 Å². The van der Waals surface area contributed by atoms with E-state index in [1.54, 1.807) is 6.07 Å². The van der Waals surface area contributed by atoms with E-state index in [2.05, 4.69) is 4.72 Å². The van der Waals surface area contributed by atoms with Crippen molar-refractivity contribution >= 4 is 21.7 Å². The zero-order valence-corrected chi connectivity index (χ0v) is 14.9. The lowest BCUT2D eigenvalue weighted by Gasteiger charge is -2.30. The van der Waals surface area contributed by atoms with Gasteiger partial charge in [-0.05, 0) is 50.3 Å². The van der Waals surface area contributed by atoms with Crippen LogP contribution >= 0.6 is 0 Å². The smallest absolute Gasteiger partial charge is 0.337 e. The average Bonchev–Trinajstić information content (AvgIpc) is 3.14. The number of hydrogen-bond acceptors (Lipinski definition) is 5. The lowest BCUT2D eigenvalue weighted by molar-refractivity contribution is 0.0697. The van der Waals surface area contributed by atoms with E-state index in [9.17, 15) is 18.3 Å². The summed E-state index contributed by atoms with van der Waals surface area (Å²) in [7, 11) is -3.76. The van der Waals surface area contributed by atoms with Crippen molar-refractivity contribution in [2.24, 2.45) is 0 Å². The molecule has 2 saturated heterocycles. The molecular weight excluding hydrogens is 344 g/mol. The second-order valence-electron chi connectivity index (χ2n) is 6.52. The summed E-state index contributed by atoms with van der Waals surface area (Å²) in [5.41, 5.74) is 0.618. The van der Waals surface area contributed by atoms with E-state index < -0.39 is 16.0 Å². The third kappa shape index (κ3) is 4.31. The summed E-state index contributed by atoms with van der Waals surface area (Å²) in [6, 6.07) is 4.34. The van der Waals surface area contributed by atoms with Crippen LogP contribution in [0.2, 0.25) is 0 Å². The summed E-state index contributed by atoms with van der Waals surface area (Å²) in [6.45, 7) is 2.45. The molecule has 1 atom stereocenters. The Balaban J connectivity index is 1.81. The van der Waals surface area contributed by atoms with Crippen molar-refractivity contribution in [3.63, 3.8) is 0 Å². The summed E-state index contributed by atoms with van der Waals surface area (Å²) in [5, 5.41) is 9.53. The lowest BCUT2D eigenvalue weighted by atomic mass is 10.1. The molecule has 2 heterocycles. The van der Waals surface area contributed by atoms with Crippen LogP contribution in [0.25, 0.3) is 0 Å². The number of sulfonamides is 1. The Bertz CT molecular complexity index is 723. The van der Waals surface area contributed by atoms with Crippen LogP contribution in [0, 0.1) is 0 Å². The number of carbonyl (C=O) groups is 1. The van der Waals surface area contributed by atoms with Gasteiger partial charge in [-0.25, -0.2) is 17.9 Å². The van der Waals surface area contributed by atoms with Crippen molar-refractivity contribution < 1.29 is 23.1 Å². The first kappa shape index (κ1) is 18.2. The molecule has 0 unspecified atom stereocenters. The maximum absolute atomic E-state index is 12.5. The molecule has 8 heteroatoms. The largest absolute Gasteiger partial charge is 0.478 e. The minimum Gasteiger partial charge on any atom is -0.478 e. The van der Waals surface area contributed by atoms with Gasteiger partial charge in [0.1, 0.15) is 0 Å². The first-order valence-electron chi connectivity index (χ1n) is 8.71. The van der Waals surface area contributed by atoms with E-state index in [1.807, 2.05) is 4.90 Å². The van der Waals surface area contributed by atoms with Gasteiger partial charge in [0.25, 0.3) is 0 Å². The Hall–Kier alpha value is -1.64. The van der Waals surface area contributed by atoms with Gasteiger partial charge in [0.05, 0.1) is 22.3 Å². The number of carboxylic acids is 1. The predicted octanol–water partition coefficient (Wildman–Crippen LogP) is 1.83. The molecule has 2 fully saturated rings. The van der Waals surface area contributed by atoms with E-state index in [4.69, 9.17) is 4.74 Å². The Labute approximate surface area is 148 Å². The number of nitrogens with one attached hydrogen (secondary N) is 1. The quantitative estimate of drug-likeness (QED) is 0.795. The number of nitrogens with zero attached hydrogens (tertiary/aromatic N) is 1. The number of aromatic carboxylic acids is 1. The van der Waals surface area contributed by atoms with Crippen LogP contribution in [0.3, 0.4) is 0 Å². The van der Waals surface area contributed by atoms with Gasteiger partial charge >= 0.3 is 5.97 Å². The first-order chi connectivity index (χ1) is 12.0. The van der Waals surface area contributed by atoms with E-state index >= 15 is 0 Å². The molecule has 0 amide bonds. The van der Waals surface area contributed by atoms with E-state index in [1.165, 1.54) is 12.1 Å². The van der Waals surface area contributed by atoms with Crippen LogP contribution < -0.4 is 9.62 Å². The van der Waals surface area contributed by atoms with Crippen LogP contribution in [-0.2, 0) is 14.8 Å². The minimum atomic E-state index is -3.76. The van der Waals surface area contributed by atoms with Crippen LogP contribution in [0.1, 0.15) is 42.5 Å². The number of carboxylic acid groups (broad SMARTS) is 1. The molecule has 0 radical (unpaired) electrons. The standard InChI is InChI=1S/C17H24N2O5S/c20-17(21)15-11-14(6-7-16(15)19-8-2-1-3-9-19)25(22,23)18-12-13-5-4-10-24-13/h6-7,11,13,18H,1-5,8-10,12H2,(H,20,21)/t13-/m0/s1. The number of benzene rings is 1. The fourth-order valence-corrected chi connectivity index (χ4v) is 4.45. The molecular formula is C17H24N2O5S. The van der Waals surface area contributed by atoms with E-state index in [0.717, 1.165) is 45.2 Å². The fourth-order valence-electron chi connectivity index (χ4n) is 3.36. The molecule has 2 N–H and O–H groups in total. The Morgan fingerprint density at radius 3 is 2.64 bits per heavy atom. The molecule has 138 valence electrons. The fraction of sp³-hybridized carbons (Fsp3) is 0.588. The second-order valence-corrected chi connectivity index (χ2v) is 8.29. The Morgan fingerprint density at radius 2 is 2.00 bits per heavy atom. The Morgan fingerprint density at radius 1 is 1.24 bits per heavy atom. The Kier molecular flexibility index (Phi) is 5.61.